The van der Waals surface area contributed by atoms with Crippen molar-refractivity contribution in [2.75, 3.05) is 10.6 Å². The van der Waals surface area contributed by atoms with E-state index in [4.69, 9.17) is 5.73 Å². The van der Waals surface area contributed by atoms with Gasteiger partial charge in [-0.3, -0.25) is 9.78 Å². The zero-order valence-electron chi connectivity index (χ0n) is 16.6. The molecule has 1 fully saturated rings. The van der Waals surface area contributed by atoms with Crippen LogP contribution < -0.4 is 16.4 Å². The van der Waals surface area contributed by atoms with E-state index in [1.807, 2.05) is 12.3 Å². The van der Waals surface area contributed by atoms with Gasteiger partial charge >= 0.3 is 0 Å². The van der Waals surface area contributed by atoms with Crippen LogP contribution in [0.2, 0.25) is 0 Å². The minimum atomic E-state index is -0.568. The summed E-state index contributed by atoms with van der Waals surface area (Å²) in [4.78, 5) is 25.1. The predicted molar refractivity (Wildman–Crippen MR) is 111 cm³/mol. The number of hydrogen-bond acceptors (Lipinski definition) is 7. The first-order valence-corrected chi connectivity index (χ1v) is 10.3. The van der Waals surface area contributed by atoms with E-state index in [1.165, 1.54) is 11.8 Å². The molecular formula is C21H28N6O2. The lowest BCUT2D eigenvalue weighted by Crippen LogP contribution is -2.36. The summed E-state index contributed by atoms with van der Waals surface area (Å²) < 4.78 is 0. The number of rotatable bonds is 5. The summed E-state index contributed by atoms with van der Waals surface area (Å²) in [6, 6.07) is 4.32. The number of amides is 1. The van der Waals surface area contributed by atoms with Gasteiger partial charge in [-0.25, -0.2) is 4.98 Å². The van der Waals surface area contributed by atoms with Crippen molar-refractivity contribution in [1.29, 1.82) is 0 Å². The SMILES string of the molecule is C[C@@H]1CC[C@@H](Nc2nc(N[C@H]3CCc4ncccc4C3)ncc2C(N)=O)C[C@H]1O. The second kappa shape index (κ2) is 8.32. The van der Waals surface area contributed by atoms with E-state index in [0.717, 1.165) is 37.8 Å². The molecule has 8 heteroatoms. The Kier molecular flexibility index (Phi) is 5.62. The molecule has 0 bridgehead atoms. The Morgan fingerprint density at radius 1 is 1.21 bits per heavy atom. The van der Waals surface area contributed by atoms with Gasteiger partial charge in [0.1, 0.15) is 5.82 Å². The van der Waals surface area contributed by atoms with Crippen molar-refractivity contribution in [2.45, 2.75) is 63.6 Å². The molecule has 4 atom stereocenters. The number of anilines is 2. The number of aryl methyl sites for hydroxylation is 1. The van der Waals surface area contributed by atoms with E-state index in [9.17, 15) is 9.90 Å². The number of aliphatic hydroxyl groups is 1. The summed E-state index contributed by atoms with van der Waals surface area (Å²) in [5.74, 6) is 0.621. The molecule has 2 aliphatic rings. The van der Waals surface area contributed by atoms with Crippen LogP contribution in [0.3, 0.4) is 0 Å². The minimum absolute atomic E-state index is 0.0506. The molecule has 0 spiro atoms. The van der Waals surface area contributed by atoms with Crippen molar-refractivity contribution in [3.8, 4) is 0 Å². The van der Waals surface area contributed by atoms with Crippen molar-refractivity contribution < 1.29 is 9.90 Å². The van der Waals surface area contributed by atoms with Crippen molar-refractivity contribution in [1.82, 2.24) is 15.0 Å². The molecule has 154 valence electrons. The van der Waals surface area contributed by atoms with Gasteiger partial charge < -0.3 is 21.5 Å². The van der Waals surface area contributed by atoms with Gasteiger partial charge in [-0.1, -0.05) is 13.0 Å². The number of aromatic nitrogens is 3. The highest BCUT2D eigenvalue weighted by Gasteiger charge is 2.27. The molecule has 2 aliphatic carbocycles. The molecule has 0 aliphatic heterocycles. The smallest absolute Gasteiger partial charge is 0.254 e. The fourth-order valence-corrected chi connectivity index (χ4v) is 4.23. The third-order valence-electron chi connectivity index (χ3n) is 6.06. The third kappa shape index (κ3) is 4.48. The van der Waals surface area contributed by atoms with Crippen molar-refractivity contribution in [3.05, 3.63) is 41.3 Å². The van der Waals surface area contributed by atoms with Gasteiger partial charge in [-0.15, -0.1) is 0 Å². The average Bonchev–Trinajstić information content (AvgIpc) is 2.71. The zero-order chi connectivity index (χ0) is 20.4. The number of hydrogen-bond donors (Lipinski definition) is 4. The number of primary amides is 1. The van der Waals surface area contributed by atoms with Crippen LogP contribution in [-0.2, 0) is 12.8 Å². The Balaban J connectivity index is 1.49. The molecule has 29 heavy (non-hydrogen) atoms. The van der Waals surface area contributed by atoms with Crippen LogP contribution in [0.5, 0.6) is 0 Å². The lowest BCUT2D eigenvalue weighted by molar-refractivity contribution is 0.0739. The van der Waals surface area contributed by atoms with E-state index < -0.39 is 5.91 Å². The number of nitrogens with zero attached hydrogens (tertiary/aromatic N) is 3. The maximum Gasteiger partial charge on any atom is 0.254 e. The normalized spacial score (nSPS) is 26.4. The maximum absolute atomic E-state index is 11.8. The number of pyridine rings is 1. The van der Waals surface area contributed by atoms with Crippen LogP contribution >= 0.6 is 0 Å². The summed E-state index contributed by atoms with van der Waals surface area (Å²) in [6.45, 7) is 2.06. The lowest BCUT2D eigenvalue weighted by Gasteiger charge is -2.32. The van der Waals surface area contributed by atoms with Crippen LogP contribution in [-0.4, -0.2) is 44.2 Å². The Hall–Kier alpha value is -2.74. The van der Waals surface area contributed by atoms with Gasteiger partial charge in [0.05, 0.1) is 11.7 Å². The highest BCUT2D eigenvalue weighted by Crippen LogP contribution is 2.28. The largest absolute Gasteiger partial charge is 0.393 e. The number of fused-ring (bicyclic) bond motifs is 1. The van der Waals surface area contributed by atoms with E-state index in [2.05, 4.69) is 38.6 Å². The van der Waals surface area contributed by atoms with Crippen LogP contribution in [0.4, 0.5) is 11.8 Å². The van der Waals surface area contributed by atoms with Gasteiger partial charge in [0.15, 0.2) is 0 Å². The number of aliphatic hydroxyl groups excluding tert-OH is 1. The van der Waals surface area contributed by atoms with E-state index in [-0.39, 0.29) is 29.7 Å². The van der Waals surface area contributed by atoms with E-state index in [0.29, 0.717) is 18.2 Å². The molecule has 2 aromatic rings. The quantitative estimate of drug-likeness (QED) is 0.608. The summed E-state index contributed by atoms with van der Waals surface area (Å²) in [5.41, 5.74) is 8.19. The average molecular weight is 396 g/mol. The van der Waals surface area contributed by atoms with Gasteiger partial charge in [-0.05, 0) is 56.1 Å². The van der Waals surface area contributed by atoms with Crippen molar-refractivity contribution in [3.63, 3.8) is 0 Å². The molecule has 2 aromatic heterocycles. The maximum atomic E-state index is 11.8. The van der Waals surface area contributed by atoms with Crippen LogP contribution in [0, 0.1) is 5.92 Å². The standard InChI is InChI=1S/C21H28N6O2/c1-12-4-5-15(10-18(12)28)25-20-16(19(22)29)11-24-21(27-20)26-14-6-7-17-13(9-14)3-2-8-23-17/h2-3,8,11-12,14-15,18,28H,4-7,9-10H2,1H3,(H2,22,29)(H2,24,25,26,27)/t12-,14+,15-,18-/m1/s1. The van der Waals surface area contributed by atoms with Crippen molar-refractivity contribution >= 4 is 17.7 Å². The lowest BCUT2D eigenvalue weighted by atomic mass is 9.85. The number of nitrogens with one attached hydrogen (secondary N) is 2. The first-order valence-electron chi connectivity index (χ1n) is 10.3. The molecule has 0 aromatic carbocycles. The third-order valence-corrected chi connectivity index (χ3v) is 6.06. The van der Waals surface area contributed by atoms with Crippen LogP contribution in [0.15, 0.2) is 24.5 Å². The summed E-state index contributed by atoms with van der Waals surface area (Å²) >= 11 is 0. The summed E-state index contributed by atoms with van der Waals surface area (Å²) in [7, 11) is 0. The van der Waals surface area contributed by atoms with Crippen molar-refractivity contribution in [2.24, 2.45) is 11.7 Å². The topological polar surface area (TPSA) is 126 Å². The molecule has 1 amide bonds. The molecule has 0 radical (unpaired) electrons. The molecule has 8 nitrogen and oxygen atoms in total. The monoisotopic (exact) mass is 396 g/mol. The number of carbonyl (C=O) groups is 1. The Morgan fingerprint density at radius 2 is 2.07 bits per heavy atom. The summed E-state index contributed by atoms with van der Waals surface area (Å²) in [5, 5.41) is 16.9. The molecule has 4 rings (SSSR count). The van der Waals surface area contributed by atoms with E-state index >= 15 is 0 Å². The molecule has 5 N–H and O–H groups in total. The number of nitrogens with two attached hydrogens (primary N) is 1. The van der Waals surface area contributed by atoms with E-state index in [1.54, 1.807) is 0 Å². The van der Waals surface area contributed by atoms with Crippen LogP contribution in [0.25, 0.3) is 0 Å². The second-order valence-corrected chi connectivity index (χ2v) is 8.21. The fraction of sp³-hybridized carbons (Fsp3) is 0.524. The first kappa shape index (κ1) is 19.6. The zero-order valence-corrected chi connectivity index (χ0v) is 16.6. The highest BCUT2D eigenvalue weighted by molar-refractivity contribution is 5.97. The molecule has 0 saturated heterocycles. The van der Waals surface area contributed by atoms with Gasteiger partial charge in [0.25, 0.3) is 5.91 Å². The Bertz CT molecular complexity index is 889. The number of carbonyl (C=O) groups excluding carboxylic acids is 1. The minimum Gasteiger partial charge on any atom is -0.393 e. The van der Waals surface area contributed by atoms with Gasteiger partial charge in [0.2, 0.25) is 5.95 Å². The first-order chi connectivity index (χ1) is 14.0. The molecule has 1 saturated carbocycles. The van der Waals surface area contributed by atoms with Gasteiger partial charge in [0, 0.05) is 30.2 Å². The molecule has 2 heterocycles. The fourth-order valence-electron chi connectivity index (χ4n) is 4.23. The highest BCUT2D eigenvalue weighted by atomic mass is 16.3. The Morgan fingerprint density at radius 3 is 2.86 bits per heavy atom. The molecular weight excluding hydrogens is 368 g/mol. The van der Waals surface area contributed by atoms with Crippen LogP contribution in [0.1, 0.15) is 54.2 Å². The molecule has 0 unspecified atom stereocenters. The summed E-state index contributed by atoms with van der Waals surface area (Å²) in [6.07, 6.45) is 8.13. The second-order valence-electron chi connectivity index (χ2n) is 8.21. The Labute approximate surface area is 170 Å². The van der Waals surface area contributed by atoms with Gasteiger partial charge in [-0.2, -0.15) is 4.98 Å². The predicted octanol–water partition coefficient (Wildman–Crippen LogP) is 1.90.